The molecule has 7 heteroatoms. The summed E-state index contributed by atoms with van der Waals surface area (Å²) in [4.78, 5) is 8.53. The van der Waals surface area contributed by atoms with Crippen molar-refractivity contribution in [1.82, 2.24) is 30.2 Å². The number of nitrogens with two attached hydrogens (primary N) is 1. The lowest BCUT2D eigenvalue weighted by Crippen LogP contribution is -2.04. The Kier molecular flexibility index (Phi) is 3.66. The van der Waals surface area contributed by atoms with Crippen LogP contribution < -0.4 is 5.73 Å². The van der Waals surface area contributed by atoms with Crippen LogP contribution in [0.25, 0.3) is 28.3 Å². The lowest BCUT2D eigenvalue weighted by Gasteiger charge is -2.09. The van der Waals surface area contributed by atoms with Crippen LogP contribution in [0.4, 0.5) is 5.95 Å². The Hall–Kier alpha value is -3.61. The zero-order valence-electron chi connectivity index (χ0n) is 13.5. The summed E-state index contributed by atoms with van der Waals surface area (Å²) in [6.07, 6.45) is 1.65. The van der Waals surface area contributed by atoms with E-state index in [2.05, 4.69) is 25.5 Å². The summed E-state index contributed by atoms with van der Waals surface area (Å²) < 4.78 is 1.67. The van der Waals surface area contributed by atoms with Crippen molar-refractivity contribution in [3.05, 3.63) is 66.4 Å². The molecule has 0 bridgehead atoms. The van der Waals surface area contributed by atoms with E-state index >= 15 is 0 Å². The Morgan fingerprint density at radius 2 is 1.72 bits per heavy atom. The summed E-state index contributed by atoms with van der Waals surface area (Å²) in [6.45, 7) is 2.03. The van der Waals surface area contributed by atoms with Crippen molar-refractivity contribution in [1.29, 1.82) is 0 Å². The van der Waals surface area contributed by atoms with Crippen LogP contribution in [0.3, 0.4) is 0 Å². The van der Waals surface area contributed by atoms with Gasteiger partial charge >= 0.3 is 0 Å². The third kappa shape index (κ3) is 2.83. The molecule has 122 valence electrons. The van der Waals surface area contributed by atoms with E-state index in [1.165, 1.54) is 5.56 Å². The first-order valence-corrected chi connectivity index (χ1v) is 7.76. The van der Waals surface area contributed by atoms with Gasteiger partial charge in [0.2, 0.25) is 5.95 Å². The molecule has 0 spiro atoms. The van der Waals surface area contributed by atoms with Crippen molar-refractivity contribution < 1.29 is 0 Å². The highest BCUT2D eigenvalue weighted by molar-refractivity contribution is 5.78. The highest BCUT2D eigenvalue weighted by Gasteiger charge is 2.17. The number of aromatic nitrogens is 6. The molecule has 2 heterocycles. The Morgan fingerprint density at radius 1 is 0.960 bits per heavy atom. The molecule has 0 atom stereocenters. The van der Waals surface area contributed by atoms with Gasteiger partial charge in [0.15, 0.2) is 5.82 Å². The zero-order chi connectivity index (χ0) is 17.2. The molecule has 0 unspecified atom stereocenters. The number of nitrogen functional groups attached to an aromatic ring is 1. The number of benzene rings is 2. The molecule has 4 rings (SSSR count). The van der Waals surface area contributed by atoms with Gasteiger partial charge in [0.25, 0.3) is 0 Å². The van der Waals surface area contributed by atoms with E-state index in [1.807, 2.05) is 61.5 Å². The van der Waals surface area contributed by atoms with Gasteiger partial charge in [-0.15, -0.1) is 5.10 Å². The zero-order valence-corrected chi connectivity index (χ0v) is 13.5. The third-order valence-electron chi connectivity index (χ3n) is 3.84. The maximum atomic E-state index is 5.80. The normalized spacial score (nSPS) is 10.8. The molecule has 4 aromatic rings. The topological polar surface area (TPSA) is 95.4 Å². The fourth-order valence-electron chi connectivity index (χ4n) is 2.59. The number of hydrogen-bond acceptors (Lipinski definition) is 6. The average Bonchev–Trinajstić information content (AvgIpc) is 3.12. The van der Waals surface area contributed by atoms with Crippen LogP contribution in [0, 0.1) is 6.92 Å². The van der Waals surface area contributed by atoms with Crippen LogP contribution >= 0.6 is 0 Å². The Morgan fingerprint density at radius 3 is 2.48 bits per heavy atom. The van der Waals surface area contributed by atoms with Gasteiger partial charge in [0, 0.05) is 11.8 Å². The Balaban J connectivity index is 1.90. The first-order valence-electron chi connectivity index (χ1n) is 7.76. The Bertz CT molecular complexity index is 1010. The predicted molar refractivity (Wildman–Crippen MR) is 94.8 cm³/mol. The number of rotatable bonds is 3. The molecule has 0 radical (unpaired) electrons. The highest BCUT2D eigenvalue weighted by Crippen LogP contribution is 2.29. The summed E-state index contributed by atoms with van der Waals surface area (Å²) in [6, 6.07) is 17.7. The van der Waals surface area contributed by atoms with Crippen LogP contribution in [0.2, 0.25) is 0 Å². The first-order chi connectivity index (χ1) is 12.2. The van der Waals surface area contributed by atoms with Gasteiger partial charge in [-0.2, -0.15) is 4.68 Å². The van der Waals surface area contributed by atoms with E-state index in [0.717, 1.165) is 11.3 Å². The standard InChI is InChI=1S/C18H15N7/c1-12-7-9-14(10-8-12)25-17(22-23-24-25)15-11-20-18(19)21-16(15)13-5-3-2-4-6-13/h2-11H,1H3,(H2,19,20,21). The van der Waals surface area contributed by atoms with Crippen LogP contribution in [0.5, 0.6) is 0 Å². The van der Waals surface area contributed by atoms with Gasteiger partial charge in [-0.05, 0) is 29.5 Å². The molecule has 7 nitrogen and oxygen atoms in total. The number of tetrazole rings is 1. The summed E-state index contributed by atoms with van der Waals surface area (Å²) in [5, 5.41) is 12.1. The summed E-state index contributed by atoms with van der Waals surface area (Å²) >= 11 is 0. The predicted octanol–water partition coefficient (Wildman–Crippen LogP) is 2.68. The number of hydrogen-bond donors (Lipinski definition) is 1. The quantitative estimate of drug-likeness (QED) is 0.621. The van der Waals surface area contributed by atoms with Crippen molar-refractivity contribution in [3.8, 4) is 28.3 Å². The third-order valence-corrected chi connectivity index (χ3v) is 3.84. The van der Waals surface area contributed by atoms with E-state index in [4.69, 9.17) is 5.73 Å². The smallest absolute Gasteiger partial charge is 0.220 e. The first kappa shape index (κ1) is 14.9. The fourth-order valence-corrected chi connectivity index (χ4v) is 2.59. The van der Waals surface area contributed by atoms with Gasteiger partial charge in [-0.25, -0.2) is 9.97 Å². The highest BCUT2D eigenvalue weighted by atomic mass is 15.5. The van der Waals surface area contributed by atoms with E-state index in [0.29, 0.717) is 17.1 Å². The minimum absolute atomic E-state index is 0.206. The van der Waals surface area contributed by atoms with Crippen LogP contribution in [0.15, 0.2) is 60.8 Å². The lowest BCUT2D eigenvalue weighted by atomic mass is 10.1. The minimum atomic E-state index is 0.206. The molecular formula is C18H15N7. The van der Waals surface area contributed by atoms with Crippen LogP contribution in [-0.2, 0) is 0 Å². The van der Waals surface area contributed by atoms with Crippen molar-refractivity contribution in [2.75, 3.05) is 5.73 Å². The molecule has 2 aromatic carbocycles. The summed E-state index contributed by atoms with van der Waals surface area (Å²) in [7, 11) is 0. The second-order valence-corrected chi connectivity index (χ2v) is 5.61. The maximum Gasteiger partial charge on any atom is 0.220 e. The summed E-state index contributed by atoms with van der Waals surface area (Å²) in [5.74, 6) is 0.764. The second kappa shape index (κ2) is 6.12. The van der Waals surface area contributed by atoms with E-state index < -0.39 is 0 Å². The van der Waals surface area contributed by atoms with E-state index in [-0.39, 0.29) is 5.95 Å². The summed E-state index contributed by atoms with van der Waals surface area (Å²) in [5.41, 5.74) is 10.2. The van der Waals surface area contributed by atoms with E-state index in [9.17, 15) is 0 Å². The molecule has 0 aliphatic carbocycles. The lowest BCUT2D eigenvalue weighted by molar-refractivity contribution is 0.791. The minimum Gasteiger partial charge on any atom is -0.368 e. The molecule has 0 amide bonds. The largest absolute Gasteiger partial charge is 0.368 e. The molecule has 0 saturated carbocycles. The van der Waals surface area contributed by atoms with Crippen molar-refractivity contribution in [2.45, 2.75) is 6.92 Å². The molecule has 0 aliphatic heterocycles. The van der Waals surface area contributed by atoms with Gasteiger partial charge in [0.1, 0.15) is 0 Å². The van der Waals surface area contributed by atoms with Gasteiger partial charge in [-0.1, -0.05) is 48.0 Å². The van der Waals surface area contributed by atoms with Crippen molar-refractivity contribution in [3.63, 3.8) is 0 Å². The Labute approximate surface area is 144 Å². The van der Waals surface area contributed by atoms with Crippen molar-refractivity contribution in [2.24, 2.45) is 0 Å². The van der Waals surface area contributed by atoms with Gasteiger partial charge < -0.3 is 5.73 Å². The molecule has 0 fully saturated rings. The molecule has 2 aromatic heterocycles. The van der Waals surface area contributed by atoms with E-state index in [1.54, 1.807) is 10.9 Å². The number of aryl methyl sites for hydroxylation is 1. The number of nitrogens with zero attached hydrogens (tertiary/aromatic N) is 6. The fraction of sp³-hybridized carbons (Fsp3) is 0.0556. The van der Waals surface area contributed by atoms with Gasteiger partial charge in [-0.3, -0.25) is 0 Å². The van der Waals surface area contributed by atoms with Crippen molar-refractivity contribution >= 4 is 5.95 Å². The monoisotopic (exact) mass is 329 g/mol. The molecule has 2 N–H and O–H groups in total. The van der Waals surface area contributed by atoms with Crippen LogP contribution in [0.1, 0.15) is 5.56 Å². The number of anilines is 1. The SMILES string of the molecule is Cc1ccc(-n2nnnc2-c2cnc(N)nc2-c2ccccc2)cc1. The molecular weight excluding hydrogens is 314 g/mol. The average molecular weight is 329 g/mol. The van der Waals surface area contributed by atoms with Gasteiger partial charge in [0.05, 0.1) is 16.9 Å². The second-order valence-electron chi connectivity index (χ2n) is 5.61. The maximum absolute atomic E-state index is 5.80. The molecule has 0 saturated heterocycles. The van der Waals surface area contributed by atoms with Crippen LogP contribution in [-0.4, -0.2) is 30.2 Å². The molecule has 25 heavy (non-hydrogen) atoms. The molecule has 0 aliphatic rings.